The molecule has 12 N–H and O–H groups in total. The van der Waals surface area contributed by atoms with Crippen LogP contribution in [0.4, 0.5) is 0 Å². The lowest BCUT2D eigenvalue weighted by Crippen LogP contribution is -2.58. The monoisotopic (exact) mass is 597 g/mol. The van der Waals surface area contributed by atoms with Gasteiger partial charge in [0, 0.05) is 48.3 Å². The Morgan fingerprint density at radius 2 is 1.42 bits per heavy atom. The van der Waals surface area contributed by atoms with Gasteiger partial charge in [0.15, 0.2) is 0 Å². The first kappa shape index (κ1) is 32.3. The highest BCUT2D eigenvalue weighted by molar-refractivity contribution is 5.95. The minimum atomic E-state index is -1.46. The number of aliphatic carboxylic acids is 1. The van der Waals surface area contributed by atoms with Crippen LogP contribution in [0.3, 0.4) is 0 Å². The molecule has 4 unspecified atom stereocenters. The number of carboxylic acid groups (broad SMARTS) is 1. The van der Waals surface area contributed by atoms with Crippen molar-refractivity contribution < 1.29 is 33.9 Å². The number of hydrogen-bond acceptors (Lipinski definition) is 8. The molecule has 0 saturated heterocycles. The van der Waals surface area contributed by atoms with Crippen LogP contribution in [0.2, 0.25) is 0 Å². The van der Waals surface area contributed by atoms with Gasteiger partial charge in [0.05, 0.1) is 12.4 Å². The largest absolute Gasteiger partial charge is 0.480 e. The smallest absolute Gasteiger partial charge is 0.326 e. The zero-order chi connectivity index (χ0) is 31.5. The molecule has 3 rings (SSSR count). The molecule has 0 saturated carbocycles. The Hall–Kier alpha value is -5.25. The van der Waals surface area contributed by atoms with Crippen LogP contribution in [0.1, 0.15) is 36.9 Å². The summed E-state index contributed by atoms with van der Waals surface area (Å²) in [5, 5.41) is 17.7. The molecule has 16 heteroatoms. The maximum atomic E-state index is 13.4. The molecule has 0 aliphatic rings. The Balaban J connectivity index is 1.74. The number of H-pyrrole nitrogens is 2. The van der Waals surface area contributed by atoms with Crippen LogP contribution in [0, 0.1) is 0 Å². The number of aromatic amines is 2. The molecule has 43 heavy (non-hydrogen) atoms. The van der Waals surface area contributed by atoms with Gasteiger partial charge in [-0.3, -0.25) is 24.0 Å². The lowest BCUT2D eigenvalue weighted by Gasteiger charge is -2.25. The molecule has 0 fully saturated rings. The number of hydrogen-bond donors (Lipinski definition) is 9. The maximum absolute atomic E-state index is 13.4. The molecule has 0 bridgehead atoms. The van der Waals surface area contributed by atoms with Gasteiger partial charge in [0.2, 0.25) is 29.5 Å². The van der Waals surface area contributed by atoms with Crippen LogP contribution in [-0.2, 0) is 41.6 Å². The SMILES string of the molecule is NC(=O)CCC(NC(=O)C(Cc1cnc[nH]1)NC(=O)C(CCC(N)=O)NC(=O)C(N)Cc1c[nH]c2ccccc12)C(=O)O. The van der Waals surface area contributed by atoms with E-state index in [4.69, 9.17) is 17.2 Å². The average molecular weight is 598 g/mol. The van der Waals surface area contributed by atoms with Crippen LogP contribution in [0.5, 0.6) is 0 Å². The number of para-hydroxylation sites is 1. The predicted octanol–water partition coefficient (Wildman–Crippen LogP) is -1.93. The van der Waals surface area contributed by atoms with E-state index in [2.05, 4.69) is 30.9 Å². The van der Waals surface area contributed by atoms with Gasteiger partial charge in [0.1, 0.15) is 18.1 Å². The molecule has 2 heterocycles. The first-order valence-electron chi connectivity index (χ1n) is 13.4. The number of nitrogens with one attached hydrogen (secondary N) is 5. The quantitative estimate of drug-likeness (QED) is 0.0836. The fraction of sp³-hybridized carbons (Fsp3) is 0.370. The lowest BCUT2D eigenvalue weighted by molar-refractivity contribution is -0.142. The van der Waals surface area contributed by atoms with Crippen LogP contribution in [0.25, 0.3) is 10.9 Å². The third-order valence-corrected chi connectivity index (χ3v) is 6.67. The van der Waals surface area contributed by atoms with Crippen LogP contribution < -0.4 is 33.2 Å². The molecule has 5 amide bonds. The second-order valence-electron chi connectivity index (χ2n) is 9.98. The third kappa shape index (κ3) is 9.67. The van der Waals surface area contributed by atoms with Crippen molar-refractivity contribution in [2.24, 2.45) is 17.2 Å². The van der Waals surface area contributed by atoms with Gasteiger partial charge < -0.3 is 48.2 Å². The van der Waals surface area contributed by atoms with Gasteiger partial charge in [-0.1, -0.05) is 18.2 Å². The number of nitrogens with two attached hydrogens (primary N) is 3. The number of fused-ring (bicyclic) bond motifs is 1. The fourth-order valence-corrected chi connectivity index (χ4v) is 4.38. The molecule has 3 aromatic rings. The summed E-state index contributed by atoms with van der Waals surface area (Å²) in [6.45, 7) is 0. The number of carboxylic acids is 1. The van der Waals surface area contributed by atoms with Crippen molar-refractivity contribution in [1.29, 1.82) is 0 Å². The van der Waals surface area contributed by atoms with Crippen molar-refractivity contribution in [3.63, 3.8) is 0 Å². The van der Waals surface area contributed by atoms with Crippen molar-refractivity contribution in [1.82, 2.24) is 30.9 Å². The van der Waals surface area contributed by atoms with Crippen molar-refractivity contribution in [2.45, 2.75) is 62.7 Å². The van der Waals surface area contributed by atoms with Crippen molar-refractivity contribution in [3.05, 3.63) is 54.2 Å². The zero-order valence-electron chi connectivity index (χ0n) is 23.2. The first-order chi connectivity index (χ1) is 20.4. The van der Waals surface area contributed by atoms with Gasteiger partial charge in [-0.15, -0.1) is 0 Å². The second kappa shape index (κ2) is 15.1. The summed E-state index contributed by atoms with van der Waals surface area (Å²) in [6, 6.07) is 2.29. The second-order valence-corrected chi connectivity index (χ2v) is 9.98. The minimum Gasteiger partial charge on any atom is -0.480 e. The lowest BCUT2D eigenvalue weighted by atomic mass is 10.0. The standard InChI is InChI=1S/C27H35N9O7/c28-17(9-14-11-32-18-4-2-1-3-16(14)18)24(39)34-19(5-7-22(29)37)25(40)36-21(10-15-12-31-13-33-15)26(41)35-20(27(42)43)6-8-23(30)38/h1-4,11-13,17,19-21,32H,5-10,28H2,(H2,29,37)(H2,30,38)(H,31,33)(H,34,39)(H,35,41)(H,36,40)(H,42,43). The summed E-state index contributed by atoms with van der Waals surface area (Å²) >= 11 is 0. The van der Waals surface area contributed by atoms with E-state index >= 15 is 0 Å². The summed E-state index contributed by atoms with van der Waals surface area (Å²) in [4.78, 5) is 83.6. The van der Waals surface area contributed by atoms with E-state index in [1.807, 2.05) is 24.3 Å². The van der Waals surface area contributed by atoms with Gasteiger partial charge in [-0.2, -0.15) is 0 Å². The zero-order valence-corrected chi connectivity index (χ0v) is 23.2. The number of carbonyl (C=O) groups is 6. The van der Waals surface area contributed by atoms with Gasteiger partial charge in [-0.25, -0.2) is 9.78 Å². The normalized spacial score (nSPS) is 13.8. The van der Waals surface area contributed by atoms with E-state index in [-0.39, 0.29) is 38.5 Å². The van der Waals surface area contributed by atoms with E-state index in [1.165, 1.54) is 12.5 Å². The van der Waals surface area contributed by atoms with Gasteiger partial charge in [-0.05, 0) is 30.9 Å². The summed E-state index contributed by atoms with van der Waals surface area (Å²) in [5.41, 5.74) is 18.6. The Kier molecular flexibility index (Phi) is 11.3. The van der Waals surface area contributed by atoms with Crippen molar-refractivity contribution >= 4 is 46.4 Å². The number of primary amides is 2. The molecule has 0 spiro atoms. The van der Waals surface area contributed by atoms with Crippen LogP contribution >= 0.6 is 0 Å². The third-order valence-electron chi connectivity index (χ3n) is 6.67. The van der Waals surface area contributed by atoms with Crippen LogP contribution in [-0.4, -0.2) is 79.7 Å². The van der Waals surface area contributed by atoms with Gasteiger partial charge >= 0.3 is 5.97 Å². The molecule has 0 aliphatic carbocycles. The number of carbonyl (C=O) groups excluding carboxylic acids is 5. The number of nitrogens with zero attached hydrogens (tertiary/aromatic N) is 1. The summed E-state index contributed by atoms with van der Waals surface area (Å²) < 4.78 is 0. The Labute approximate surface area is 245 Å². The molecule has 16 nitrogen and oxygen atoms in total. The number of rotatable bonds is 17. The predicted molar refractivity (Wildman–Crippen MR) is 153 cm³/mol. The summed E-state index contributed by atoms with van der Waals surface area (Å²) in [5.74, 6) is -5.27. The highest BCUT2D eigenvalue weighted by Gasteiger charge is 2.31. The van der Waals surface area contributed by atoms with Crippen molar-refractivity contribution in [3.8, 4) is 0 Å². The first-order valence-corrected chi connectivity index (χ1v) is 13.4. The van der Waals surface area contributed by atoms with E-state index in [0.29, 0.717) is 5.69 Å². The Morgan fingerprint density at radius 1 is 0.814 bits per heavy atom. The Bertz CT molecular complexity index is 1450. The van der Waals surface area contributed by atoms with Crippen molar-refractivity contribution in [2.75, 3.05) is 0 Å². The highest BCUT2D eigenvalue weighted by atomic mass is 16.4. The summed E-state index contributed by atoms with van der Waals surface area (Å²) in [6.07, 6.45) is 3.49. The molecular weight excluding hydrogens is 562 g/mol. The molecule has 2 aromatic heterocycles. The van der Waals surface area contributed by atoms with E-state index in [9.17, 15) is 33.9 Å². The molecule has 0 radical (unpaired) electrons. The topological polar surface area (TPSA) is 281 Å². The van der Waals surface area contributed by atoms with E-state index in [0.717, 1.165) is 16.5 Å². The number of benzene rings is 1. The molecular formula is C27H35N9O7. The van der Waals surface area contributed by atoms with Crippen LogP contribution in [0.15, 0.2) is 43.0 Å². The Morgan fingerprint density at radius 3 is 2.05 bits per heavy atom. The number of amides is 5. The number of imidazole rings is 1. The summed E-state index contributed by atoms with van der Waals surface area (Å²) in [7, 11) is 0. The van der Waals surface area contributed by atoms with Gasteiger partial charge in [0.25, 0.3) is 0 Å². The van der Waals surface area contributed by atoms with E-state index < -0.39 is 59.7 Å². The molecule has 4 atom stereocenters. The molecule has 1 aromatic carbocycles. The average Bonchev–Trinajstić information content (AvgIpc) is 3.62. The molecule has 0 aliphatic heterocycles. The highest BCUT2D eigenvalue weighted by Crippen LogP contribution is 2.19. The number of aromatic nitrogens is 3. The molecule has 230 valence electrons. The van der Waals surface area contributed by atoms with E-state index in [1.54, 1.807) is 6.20 Å². The maximum Gasteiger partial charge on any atom is 0.326 e. The minimum absolute atomic E-state index is 0.129. The fourth-order valence-electron chi connectivity index (χ4n) is 4.38.